The number of esters is 2. The largest absolute Gasteiger partial charge is 0.461 e. The number of hydrogen-bond acceptors (Lipinski definition) is 14. The Morgan fingerprint density at radius 3 is 2.16 bits per heavy atom. The molecule has 0 spiro atoms. The number of aromatic nitrogens is 6. The van der Waals surface area contributed by atoms with Gasteiger partial charge in [-0.3, -0.25) is 0 Å². The highest BCUT2D eigenvalue weighted by molar-refractivity contribution is 6.38. The molecular formula is C28H31ClN10O6. The van der Waals surface area contributed by atoms with E-state index in [0.717, 1.165) is 41.0 Å². The Labute approximate surface area is 261 Å². The summed E-state index contributed by atoms with van der Waals surface area (Å²) in [5.74, 6) is 0.0968. The first-order chi connectivity index (χ1) is 22.0. The zero-order valence-electron chi connectivity index (χ0n) is 24.5. The molecule has 0 radical (unpaired) electrons. The second kappa shape index (κ2) is 13.4. The molecule has 0 saturated carbocycles. The van der Waals surface area contributed by atoms with Gasteiger partial charge in [-0.2, -0.15) is 0 Å². The van der Waals surface area contributed by atoms with E-state index in [2.05, 4.69) is 50.4 Å². The van der Waals surface area contributed by atoms with Gasteiger partial charge in [0.05, 0.1) is 42.4 Å². The second-order valence-electron chi connectivity index (χ2n) is 10.3. The minimum absolute atomic E-state index is 0.0272. The number of rotatable bonds is 5. The summed E-state index contributed by atoms with van der Waals surface area (Å²) in [7, 11) is 0. The Kier molecular flexibility index (Phi) is 9.02. The van der Waals surface area contributed by atoms with Gasteiger partial charge >= 0.3 is 11.9 Å². The van der Waals surface area contributed by atoms with Crippen molar-refractivity contribution in [1.82, 2.24) is 35.2 Å². The third-order valence-corrected chi connectivity index (χ3v) is 7.91. The van der Waals surface area contributed by atoms with Gasteiger partial charge in [-0.05, 0) is 26.0 Å². The number of oxime groups is 2. The van der Waals surface area contributed by atoms with E-state index < -0.39 is 5.97 Å². The highest BCUT2D eigenvalue weighted by atomic mass is 35.5. The van der Waals surface area contributed by atoms with Gasteiger partial charge in [0.1, 0.15) is 41.0 Å². The number of nitrogens with one attached hydrogen (secondary N) is 3. The molecule has 4 aliphatic heterocycles. The maximum Gasteiger partial charge on any atom is 0.356 e. The Morgan fingerprint density at radius 1 is 0.844 bits per heavy atom. The van der Waals surface area contributed by atoms with Crippen LogP contribution < -0.4 is 10.2 Å². The average Bonchev–Trinajstić information content (AvgIpc) is 3.87. The summed E-state index contributed by atoms with van der Waals surface area (Å²) in [5, 5.41) is 13.1. The number of halogens is 1. The lowest BCUT2D eigenvalue weighted by Crippen LogP contribution is -2.29. The van der Waals surface area contributed by atoms with E-state index in [4.69, 9.17) is 30.7 Å². The van der Waals surface area contributed by atoms with Crippen molar-refractivity contribution in [2.75, 3.05) is 44.3 Å². The lowest BCUT2D eigenvalue weighted by molar-refractivity contribution is -0.136. The van der Waals surface area contributed by atoms with Crippen molar-refractivity contribution in [3.63, 3.8) is 0 Å². The summed E-state index contributed by atoms with van der Waals surface area (Å²) < 4.78 is 9.89. The van der Waals surface area contributed by atoms with Crippen LogP contribution in [0.4, 0.5) is 5.82 Å². The SMILES string of the molecule is CCOC(=O)C1=NOC2CN(c3ncnc4[nH]ccc34)CC12.CCOC(=O)C1=NOC2CNCC12.Clc1ncnc2[nH]ccc12. The average molecular weight is 639 g/mol. The molecule has 0 bridgehead atoms. The molecule has 4 atom stereocenters. The van der Waals surface area contributed by atoms with Gasteiger partial charge in [0.25, 0.3) is 0 Å². The molecule has 0 aromatic carbocycles. The standard InChI is InChI=1S/C14H15N5O3.C8H12N2O3.C6H4ClN3/c1-2-21-14(20)11-9-5-19(6-10(9)22-18-11)13-8-3-4-15-12(8)16-7-17-13;1-2-12-8(11)7-5-3-9-4-6(5)13-10-7;7-5-4-1-2-8-6(4)10-3-9-5/h3-4,7,9-10H,2,5-6H2,1H3,(H,15,16,17);5-6,9H,2-4H2,1H3;1-3H,(H,8,9,10). The number of nitrogens with zero attached hydrogens (tertiary/aromatic N) is 7. The Bertz CT molecular complexity index is 1740. The molecule has 8 heterocycles. The van der Waals surface area contributed by atoms with Crippen molar-refractivity contribution in [2.45, 2.75) is 26.1 Å². The van der Waals surface area contributed by atoms with Crippen molar-refractivity contribution in [1.29, 1.82) is 0 Å². The van der Waals surface area contributed by atoms with Crippen molar-refractivity contribution in [3.8, 4) is 0 Å². The van der Waals surface area contributed by atoms with Crippen LogP contribution in [0.5, 0.6) is 0 Å². The maximum atomic E-state index is 11.9. The molecular weight excluding hydrogens is 608 g/mol. The van der Waals surface area contributed by atoms with Crippen LogP contribution in [0.3, 0.4) is 0 Å². The molecule has 17 heteroatoms. The van der Waals surface area contributed by atoms with Crippen LogP contribution in [0.1, 0.15) is 13.8 Å². The lowest BCUT2D eigenvalue weighted by Gasteiger charge is -2.18. The zero-order valence-corrected chi connectivity index (χ0v) is 25.2. The number of anilines is 1. The molecule has 45 heavy (non-hydrogen) atoms. The van der Waals surface area contributed by atoms with Gasteiger partial charge in [0.15, 0.2) is 17.5 Å². The summed E-state index contributed by atoms with van der Waals surface area (Å²) in [5.41, 5.74) is 2.37. The van der Waals surface area contributed by atoms with Gasteiger partial charge in [0.2, 0.25) is 0 Å². The molecule has 4 aromatic rings. The molecule has 0 aliphatic carbocycles. The summed E-state index contributed by atoms with van der Waals surface area (Å²) in [6, 6.07) is 3.79. The van der Waals surface area contributed by atoms with Crippen LogP contribution in [0.25, 0.3) is 22.1 Å². The van der Waals surface area contributed by atoms with Gasteiger partial charge in [-0.1, -0.05) is 21.9 Å². The predicted molar refractivity (Wildman–Crippen MR) is 163 cm³/mol. The van der Waals surface area contributed by atoms with Crippen LogP contribution in [0.2, 0.25) is 5.15 Å². The van der Waals surface area contributed by atoms with Crippen molar-refractivity contribution in [3.05, 3.63) is 42.3 Å². The number of carbonyl (C=O) groups is 2. The first kappa shape index (κ1) is 30.2. The van der Waals surface area contributed by atoms with Gasteiger partial charge in [0, 0.05) is 32.0 Å². The van der Waals surface area contributed by atoms with Gasteiger partial charge < -0.3 is 39.3 Å². The maximum absolute atomic E-state index is 11.9. The quantitative estimate of drug-likeness (QED) is 0.212. The van der Waals surface area contributed by atoms with E-state index in [9.17, 15) is 9.59 Å². The Balaban J connectivity index is 0.000000131. The van der Waals surface area contributed by atoms with Crippen molar-refractivity contribution < 1.29 is 28.7 Å². The zero-order chi connectivity index (χ0) is 31.3. The van der Waals surface area contributed by atoms with E-state index in [1.165, 1.54) is 12.7 Å². The fraction of sp³-hybridized carbons (Fsp3) is 0.429. The molecule has 4 aliphatic rings. The first-order valence-corrected chi connectivity index (χ1v) is 14.8. The molecule has 236 valence electrons. The fourth-order valence-corrected chi connectivity index (χ4v) is 5.67. The van der Waals surface area contributed by atoms with Crippen molar-refractivity contribution in [2.24, 2.45) is 22.1 Å². The van der Waals surface area contributed by atoms with Crippen LogP contribution in [-0.2, 0) is 28.7 Å². The predicted octanol–water partition coefficient (Wildman–Crippen LogP) is 1.85. The molecule has 2 saturated heterocycles. The number of ether oxygens (including phenoxy) is 2. The number of aromatic amines is 2. The molecule has 4 unspecified atom stereocenters. The molecule has 4 aromatic heterocycles. The van der Waals surface area contributed by atoms with E-state index in [0.29, 0.717) is 42.9 Å². The van der Waals surface area contributed by atoms with E-state index in [1.54, 1.807) is 20.0 Å². The van der Waals surface area contributed by atoms with Crippen LogP contribution in [0.15, 0.2) is 47.5 Å². The first-order valence-electron chi connectivity index (χ1n) is 14.5. The highest BCUT2D eigenvalue weighted by Gasteiger charge is 2.46. The van der Waals surface area contributed by atoms with Gasteiger partial charge in [-0.15, -0.1) is 0 Å². The smallest absolute Gasteiger partial charge is 0.356 e. The summed E-state index contributed by atoms with van der Waals surface area (Å²) in [6.07, 6.45) is 6.47. The van der Waals surface area contributed by atoms with E-state index >= 15 is 0 Å². The Hall–Kier alpha value is -4.83. The van der Waals surface area contributed by atoms with Crippen molar-refractivity contribution >= 4 is 62.8 Å². The topological polar surface area (TPSA) is 194 Å². The summed E-state index contributed by atoms with van der Waals surface area (Å²) >= 11 is 5.73. The fourth-order valence-electron chi connectivity index (χ4n) is 5.48. The normalized spacial score (nSPS) is 22.6. The third kappa shape index (κ3) is 6.23. The number of H-pyrrole nitrogens is 2. The number of fused-ring (bicyclic) bond motifs is 4. The molecule has 3 N–H and O–H groups in total. The monoisotopic (exact) mass is 638 g/mol. The Morgan fingerprint density at radius 2 is 1.47 bits per heavy atom. The van der Waals surface area contributed by atoms with Gasteiger partial charge in [-0.25, -0.2) is 29.5 Å². The number of hydrogen-bond donors (Lipinski definition) is 3. The van der Waals surface area contributed by atoms with Crippen LogP contribution in [-0.4, -0.2) is 105 Å². The highest BCUT2D eigenvalue weighted by Crippen LogP contribution is 2.33. The summed E-state index contributed by atoms with van der Waals surface area (Å²) in [6.45, 7) is 7.03. The summed E-state index contributed by atoms with van der Waals surface area (Å²) in [4.78, 5) is 58.2. The second-order valence-corrected chi connectivity index (χ2v) is 10.7. The van der Waals surface area contributed by atoms with Crippen LogP contribution >= 0.6 is 11.6 Å². The van der Waals surface area contributed by atoms with E-state index in [-0.39, 0.29) is 30.0 Å². The minimum atomic E-state index is -0.397. The van der Waals surface area contributed by atoms with Crippen LogP contribution in [0, 0.1) is 11.8 Å². The third-order valence-electron chi connectivity index (χ3n) is 7.61. The molecule has 8 rings (SSSR count). The minimum Gasteiger partial charge on any atom is -0.461 e. The lowest BCUT2D eigenvalue weighted by atomic mass is 10.0. The van der Waals surface area contributed by atoms with E-state index in [1.807, 2.05) is 18.3 Å². The molecule has 2 fully saturated rings. The molecule has 16 nitrogen and oxygen atoms in total. The molecule has 0 amide bonds. The number of carbonyl (C=O) groups excluding carboxylic acids is 2.